The SMILES string of the molecule is CC1C[n+]2c(-c3ccccc3)cc(-c3ccccc3)c3c2-c2c(cccc21)CC3.F[B-](F)(F)F. The van der Waals surface area contributed by atoms with Crippen molar-refractivity contribution in [3.8, 4) is 33.6 Å². The molecule has 0 bridgehead atoms. The van der Waals surface area contributed by atoms with E-state index in [0.29, 0.717) is 5.92 Å². The van der Waals surface area contributed by atoms with Crippen LogP contribution in [-0.2, 0) is 19.4 Å². The highest BCUT2D eigenvalue weighted by atomic mass is 19.5. The van der Waals surface area contributed by atoms with Gasteiger partial charge >= 0.3 is 7.25 Å². The smallest absolute Gasteiger partial charge is 0.418 e. The van der Waals surface area contributed by atoms with Crippen LogP contribution in [0.1, 0.15) is 29.5 Å². The average Bonchev–Trinajstić information content (AvgIpc) is 2.83. The number of pyridine rings is 1. The van der Waals surface area contributed by atoms with Crippen LogP contribution in [-0.4, -0.2) is 7.25 Å². The molecule has 0 fully saturated rings. The number of rotatable bonds is 2. The Bertz CT molecular complexity index is 1330. The zero-order chi connectivity index (χ0) is 23.9. The molecule has 3 aromatic carbocycles. The third-order valence-electron chi connectivity index (χ3n) is 6.66. The maximum atomic E-state index is 9.75. The molecule has 1 atom stereocenters. The number of nitrogens with zero attached hydrogens (tertiary/aromatic N) is 1. The molecule has 1 aliphatic heterocycles. The maximum Gasteiger partial charge on any atom is 0.673 e. The van der Waals surface area contributed by atoms with Crippen molar-refractivity contribution in [3.63, 3.8) is 0 Å². The van der Waals surface area contributed by atoms with Gasteiger partial charge in [0.05, 0.1) is 5.56 Å². The van der Waals surface area contributed by atoms with Crippen molar-refractivity contribution in [2.45, 2.75) is 32.2 Å². The molecule has 6 rings (SSSR count). The fourth-order valence-corrected chi connectivity index (χ4v) is 5.32. The van der Waals surface area contributed by atoms with Crippen LogP contribution >= 0.6 is 0 Å². The predicted octanol–water partition coefficient (Wildman–Crippen LogP) is 7.49. The van der Waals surface area contributed by atoms with E-state index in [-0.39, 0.29) is 0 Å². The minimum absolute atomic E-state index is 0.526. The van der Waals surface area contributed by atoms with E-state index in [9.17, 15) is 17.3 Å². The first-order valence-corrected chi connectivity index (χ1v) is 11.5. The number of benzene rings is 3. The summed E-state index contributed by atoms with van der Waals surface area (Å²) in [7, 11) is -6.00. The molecule has 0 radical (unpaired) electrons. The number of hydrogen-bond acceptors (Lipinski definition) is 0. The van der Waals surface area contributed by atoms with Crippen molar-refractivity contribution < 1.29 is 21.8 Å². The lowest BCUT2D eigenvalue weighted by Crippen LogP contribution is -2.46. The van der Waals surface area contributed by atoms with Crippen molar-refractivity contribution in [1.29, 1.82) is 0 Å². The minimum Gasteiger partial charge on any atom is -0.418 e. The summed E-state index contributed by atoms with van der Waals surface area (Å²) in [6, 6.07) is 31.2. The monoisotopic (exact) mass is 461 g/mol. The van der Waals surface area contributed by atoms with Crippen molar-refractivity contribution in [1.82, 2.24) is 0 Å². The van der Waals surface area contributed by atoms with Crippen molar-refractivity contribution in [3.05, 3.63) is 102 Å². The zero-order valence-corrected chi connectivity index (χ0v) is 18.8. The summed E-state index contributed by atoms with van der Waals surface area (Å²) in [5.41, 5.74) is 12.9. The van der Waals surface area contributed by atoms with Gasteiger partial charge in [-0.05, 0) is 47.2 Å². The highest BCUT2D eigenvalue weighted by Gasteiger charge is 2.38. The van der Waals surface area contributed by atoms with Crippen LogP contribution in [0.3, 0.4) is 0 Å². The van der Waals surface area contributed by atoms with Gasteiger partial charge in [-0.25, -0.2) is 0 Å². The van der Waals surface area contributed by atoms with E-state index in [1.54, 1.807) is 0 Å². The van der Waals surface area contributed by atoms with Crippen LogP contribution in [0.2, 0.25) is 0 Å². The second kappa shape index (κ2) is 8.75. The standard InChI is InChI=1S/C28H24N.BF4/c1-19-18-29-26(21-11-6-3-7-12-21)17-25(20-9-4-2-5-10-20)24-16-15-22-13-8-14-23(19)27(22)28(24)29;2-1(3,4)5/h2-14,17,19H,15-16,18H2,1H3;/q+1;-1. The predicted molar refractivity (Wildman–Crippen MR) is 129 cm³/mol. The molecule has 0 N–H and O–H groups in total. The Morgan fingerprint density at radius 2 is 1.38 bits per heavy atom. The maximum absolute atomic E-state index is 9.75. The highest BCUT2D eigenvalue weighted by molar-refractivity contribution is 6.50. The summed E-state index contributed by atoms with van der Waals surface area (Å²) in [6.45, 7) is 3.41. The van der Waals surface area contributed by atoms with E-state index in [2.05, 4.69) is 96.4 Å². The average molecular weight is 461 g/mol. The van der Waals surface area contributed by atoms with Crippen LogP contribution in [0.15, 0.2) is 84.9 Å². The molecule has 172 valence electrons. The third-order valence-corrected chi connectivity index (χ3v) is 6.66. The first-order chi connectivity index (χ1) is 16.3. The Balaban J connectivity index is 0.000000439. The van der Waals surface area contributed by atoms with Gasteiger partial charge in [-0.3, -0.25) is 0 Å². The molecule has 0 saturated carbocycles. The van der Waals surface area contributed by atoms with Crippen molar-refractivity contribution in [2.75, 3.05) is 0 Å². The molecule has 34 heavy (non-hydrogen) atoms. The van der Waals surface area contributed by atoms with Gasteiger partial charge in [0.1, 0.15) is 0 Å². The van der Waals surface area contributed by atoms with Crippen LogP contribution in [0.25, 0.3) is 33.6 Å². The lowest BCUT2D eigenvalue weighted by atomic mass is 9.77. The second-order valence-corrected chi connectivity index (χ2v) is 8.89. The summed E-state index contributed by atoms with van der Waals surface area (Å²) >= 11 is 0. The molecule has 1 nitrogen and oxygen atoms in total. The van der Waals surface area contributed by atoms with Crippen LogP contribution in [0, 0.1) is 0 Å². The summed E-state index contributed by atoms with van der Waals surface area (Å²) in [4.78, 5) is 0. The van der Waals surface area contributed by atoms with Crippen LogP contribution in [0.5, 0.6) is 0 Å². The fourth-order valence-electron chi connectivity index (χ4n) is 5.32. The molecule has 4 aromatic rings. The van der Waals surface area contributed by atoms with Gasteiger partial charge in [0, 0.05) is 23.1 Å². The van der Waals surface area contributed by atoms with Gasteiger partial charge < -0.3 is 17.3 Å². The Kier molecular flexibility index (Phi) is 5.76. The molecule has 0 amide bonds. The van der Waals surface area contributed by atoms with Gasteiger partial charge in [-0.1, -0.05) is 73.7 Å². The first-order valence-electron chi connectivity index (χ1n) is 11.5. The molecule has 0 saturated heterocycles. The lowest BCUT2D eigenvalue weighted by molar-refractivity contribution is -0.680. The van der Waals surface area contributed by atoms with Crippen molar-refractivity contribution in [2.24, 2.45) is 0 Å². The minimum atomic E-state index is -6.00. The van der Waals surface area contributed by atoms with Crippen molar-refractivity contribution >= 4 is 7.25 Å². The molecule has 0 spiro atoms. The van der Waals surface area contributed by atoms with E-state index >= 15 is 0 Å². The van der Waals surface area contributed by atoms with Crippen LogP contribution < -0.4 is 4.57 Å². The number of hydrogen-bond donors (Lipinski definition) is 0. The molecular weight excluding hydrogens is 437 g/mol. The van der Waals surface area contributed by atoms with Gasteiger partial charge in [0.2, 0.25) is 11.4 Å². The normalized spacial score (nSPS) is 15.7. The molecule has 1 aromatic heterocycles. The van der Waals surface area contributed by atoms with E-state index in [4.69, 9.17) is 0 Å². The van der Waals surface area contributed by atoms with Gasteiger partial charge in [0.25, 0.3) is 0 Å². The first kappa shape index (κ1) is 22.4. The zero-order valence-electron chi connectivity index (χ0n) is 18.8. The second-order valence-electron chi connectivity index (χ2n) is 8.89. The molecule has 6 heteroatoms. The summed E-state index contributed by atoms with van der Waals surface area (Å²) in [5, 5.41) is 0. The highest BCUT2D eigenvalue weighted by Crippen LogP contribution is 2.44. The Labute approximate surface area is 196 Å². The molecule has 1 unspecified atom stereocenters. The summed E-state index contributed by atoms with van der Waals surface area (Å²) in [5.74, 6) is 0.526. The summed E-state index contributed by atoms with van der Waals surface area (Å²) < 4.78 is 41.6. The Morgan fingerprint density at radius 3 is 2.03 bits per heavy atom. The fraction of sp³-hybridized carbons (Fsp3) is 0.179. The topological polar surface area (TPSA) is 3.88 Å². The molecule has 2 aliphatic rings. The lowest BCUT2D eigenvalue weighted by Gasteiger charge is -2.30. The molecule has 1 aliphatic carbocycles. The molecular formula is C28H24BF4N. The van der Waals surface area contributed by atoms with Gasteiger partial charge in [-0.15, -0.1) is 0 Å². The largest absolute Gasteiger partial charge is 0.673 e. The quantitative estimate of drug-likeness (QED) is 0.165. The number of halogens is 4. The van der Waals surface area contributed by atoms with E-state index < -0.39 is 7.25 Å². The van der Waals surface area contributed by atoms with E-state index in [1.165, 1.54) is 50.3 Å². The third kappa shape index (κ3) is 4.25. The number of aromatic nitrogens is 1. The molecule has 2 heterocycles. The van der Waals surface area contributed by atoms with E-state index in [0.717, 1.165) is 19.4 Å². The van der Waals surface area contributed by atoms with Crippen LogP contribution in [0.4, 0.5) is 17.3 Å². The number of aryl methyl sites for hydroxylation is 1. The Morgan fingerprint density at radius 1 is 0.765 bits per heavy atom. The van der Waals surface area contributed by atoms with Gasteiger partial charge in [-0.2, -0.15) is 4.57 Å². The Hall–Kier alpha value is -3.41. The summed E-state index contributed by atoms with van der Waals surface area (Å²) in [6.07, 6.45) is 2.24. The van der Waals surface area contributed by atoms with Gasteiger partial charge in [0.15, 0.2) is 6.54 Å². The van der Waals surface area contributed by atoms with E-state index in [1.807, 2.05) is 0 Å².